The summed E-state index contributed by atoms with van der Waals surface area (Å²) in [7, 11) is 0. The quantitative estimate of drug-likeness (QED) is 0.630. The number of carbonyl (C=O) groups is 2. The van der Waals surface area contributed by atoms with Crippen molar-refractivity contribution in [2.24, 2.45) is 0 Å². The number of amides is 1. The molecule has 0 spiro atoms. The van der Waals surface area contributed by atoms with Gasteiger partial charge in [-0.05, 0) is 41.7 Å². The number of carbonyl (C=O) groups excluding carboxylic acids is 2. The minimum absolute atomic E-state index is 0.0546. The first-order chi connectivity index (χ1) is 14.7. The van der Waals surface area contributed by atoms with Crippen molar-refractivity contribution in [1.29, 1.82) is 0 Å². The molecule has 1 amide bonds. The van der Waals surface area contributed by atoms with Gasteiger partial charge in [-0.2, -0.15) is 0 Å². The fourth-order valence-corrected chi connectivity index (χ4v) is 3.63. The Morgan fingerprint density at radius 1 is 1.06 bits per heavy atom. The summed E-state index contributed by atoms with van der Waals surface area (Å²) in [5, 5.41) is 10.7. The fraction of sp³-hybridized carbons (Fsp3) is 0.250. The average molecular weight is 417 g/mol. The van der Waals surface area contributed by atoms with E-state index in [-0.39, 0.29) is 22.7 Å². The van der Waals surface area contributed by atoms with E-state index in [1.54, 1.807) is 19.1 Å². The van der Waals surface area contributed by atoms with Crippen LogP contribution in [-0.4, -0.2) is 26.8 Å². The number of anilines is 1. The lowest BCUT2D eigenvalue weighted by molar-refractivity contribution is -0.117. The number of ketones is 1. The molecule has 31 heavy (non-hydrogen) atoms. The molecule has 158 valence electrons. The predicted molar refractivity (Wildman–Crippen MR) is 115 cm³/mol. The van der Waals surface area contributed by atoms with E-state index in [1.807, 2.05) is 24.3 Å². The van der Waals surface area contributed by atoms with Gasteiger partial charge in [-0.1, -0.05) is 45.0 Å². The third-order valence-corrected chi connectivity index (χ3v) is 5.28. The molecule has 7 heteroatoms. The molecule has 0 radical (unpaired) electrons. The molecule has 7 nitrogen and oxygen atoms in total. The van der Waals surface area contributed by atoms with Gasteiger partial charge in [0.1, 0.15) is 5.76 Å². The van der Waals surface area contributed by atoms with Crippen LogP contribution in [0.25, 0.3) is 0 Å². The average Bonchev–Trinajstić information content (AvgIpc) is 3.29. The first kappa shape index (κ1) is 20.5. The van der Waals surface area contributed by atoms with Gasteiger partial charge in [-0.15, -0.1) is 0 Å². The SMILES string of the molecule is Cc1ccc(C(=O)C2=C(O)C(=O)N(c3ncccn3)C2c2ccc(C(C)(C)C)cc2)o1. The van der Waals surface area contributed by atoms with Gasteiger partial charge in [0.15, 0.2) is 11.5 Å². The summed E-state index contributed by atoms with van der Waals surface area (Å²) in [5.41, 5.74) is 1.64. The highest BCUT2D eigenvalue weighted by Crippen LogP contribution is 2.41. The van der Waals surface area contributed by atoms with Crippen molar-refractivity contribution in [3.63, 3.8) is 0 Å². The zero-order chi connectivity index (χ0) is 22.3. The van der Waals surface area contributed by atoms with Crippen molar-refractivity contribution < 1.29 is 19.1 Å². The first-order valence-electron chi connectivity index (χ1n) is 9.94. The molecule has 2 aromatic heterocycles. The van der Waals surface area contributed by atoms with Crippen LogP contribution >= 0.6 is 0 Å². The minimum Gasteiger partial charge on any atom is -0.503 e. The number of hydrogen-bond acceptors (Lipinski definition) is 6. The van der Waals surface area contributed by atoms with Crippen molar-refractivity contribution in [1.82, 2.24) is 9.97 Å². The van der Waals surface area contributed by atoms with E-state index >= 15 is 0 Å². The van der Waals surface area contributed by atoms with E-state index in [0.29, 0.717) is 11.3 Å². The molecule has 1 aromatic carbocycles. The lowest BCUT2D eigenvalue weighted by atomic mass is 9.85. The number of aliphatic hydroxyl groups is 1. The van der Waals surface area contributed by atoms with Crippen LogP contribution < -0.4 is 4.90 Å². The van der Waals surface area contributed by atoms with Gasteiger partial charge < -0.3 is 9.52 Å². The number of furan rings is 1. The Hall–Kier alpha value is -3.74. The van der Waals surface area contributed by atoms with Crippen LogP contribution in [0.5, 0.6) is 0 Å². The molecule has 1 atom stereocenters. The Morgan fingerprint density at radius 2 is 1.71 bits per heavy atom. The summed E-state index contributed by atoms with van der Waals surface area (Å²) in [6.07, 6.45) is 3.00. The summed E-state index contributed by atoms with van der Waals surface area (Å²) in [6.45, 7) is 8.03. The maximum absolute atomic E-state index is 13.3. The van der Waals surface area contributed by atoms with Gasteiger partial charge in [-0.25, -0.2) is 9.97 Å². The lowest BCUT2D eigenvalue weighted by Gasteiger charge is -2.26. The fourth-order valence-electron chi connectivity index (χ4n) is 3.63. The molecule has 0 aliphatic carbocycles. The van der Waals surface area contributed by atoms with E-state index < -0.39 is 23.5 Å². The number of rotatable bonds is 4. The number of benzene rings is 1. The Balaban J connectivity index is 1.86. The van der Waals surface area contributed by atoms with Crippen LogP contribution in [-0.2, 0) is 10.2 Å². The Kier molecular flexibility index (Phi) is 4.97. The first-order valence-corrected chi connectivity index (χ1v) is 9.94. The number of aliphatic hydroxyl groups excluding tert-OH is 1. The molecule has 1 aliphatic rings. The molecule has 0 fully saturated rings. The Bertz CT molecular complexity index is 1170. The normalized spacial score (nSPS) is 16.8. The number of Topliss-reactive ketones (excluding diaryl/α,β-unsaturated/α-hetero) is 1. The summed E-state index contributed by atoms with van der Waals surface area (Å²) in [4.78, 5) is 35.9. The number of aryl methyl sites for hydroxylation is 1. The molecule has 0 saturated carbocycles. The van der Waals surface area contributed by atoms with Gasteiger partial charge in [0.2, 0.25) is 11.7 Å². The highest BCUT2D eigenvalue weighted by molar-refractivity contribution is 6.19. The summed E-state index contributed by atoms with van der Waals surface area (Å²) >= 11 is 0. The summed E-state index contributed by atoms with van der Waals surface area (Å²) in [5.74, 6) is -1.20. The minimum atomic E-state index is -0.887. The third-order valence-electron chi connectivity index (χ3n) is 5.28. The topological polar surface area (TPSA) is 96.5 Å². The van der Waals surface area contributed by atoms with Gasteiger partial charge in [-0.3, -0.25) is 14.5 Å². The second kappa shape index (κ2) is 7.50. The van der Waals surface area contributed by atoms with Crippen LogP contribution in [0.1, 0.15) is 54.3 Å². The molecule has 0 saturated heterocycles. The van der Waals surface area contributed by atoms with Gasteiger partial charge >= 0.3 is 0 Å². The molecule has 3 aromatic rings. The van der Waals surface area contributed by atoms with Crippen molar-refractivity contribution in [2.75, 3.05) is 4.90 Å². The smallest absolute Gasteiger partial charge is 0.296 e. The van der Waals surface area contributed by atoms with Crippen LogP contribution in [0.15, 0.2) is 70.6 Å². The second-order valence-electron chi connectivity index (χ2n) is 8.50. The van der Waals surface area contributed by atoms with E-state index in [0.717, 1.165) is 5.56 Å². The van der Waals surface area contributed by atoms with Gasteiger partial charge in [0, 0.05) is 12.4 Å². The number of hydrogen-bond donors (Lipinski definition) is 1. The molecular formula is C24H23N3O4. The highest BCUT2D eigenvalue weighted by atomic mass is 16.3. The largest absolute Gasteiger partial charge is 0.503 e. The number of nitrogens with zero attached hydrogens (tertiary/aromatic N) is 3. The van der Waals surface area contributed by atoms with Crippen molar-refractivity contribution in [3.05, 3.63) is 88.8 Å². The standard InChI is InChI=1S/C24H23N3O4/c1-14-6-11-17(31-14)20(28)18-19(15-7-9-16(10-8-15)24(2,3)4)27(22(30)21(18)29)23-25-12-5-13-26-23/h5-13,19,29H,1-4H3. The van der Waals surface area contributed by atoms with Crippen molar-refractivity contribution >= 4 is 17.6 Å². The molecular weight excluding hydrogens is 394 g/mol. The summed E-state index contributed by atoms with van der Waals surface area (Å²) < 4.78 is 5.47. The van der Waals surface area contributed by atoms with Gasteiger partial charge in [0.05, 0.1) is 11.6 Å². The van der Waals surface area contributed by atoms with Crippen molar-refractivity contribution in [3.8, 4) is 0 Å². The van der Waals surface area contributed by atoms with Crippen LogP contribution in [0.3, 0.4) is 0 Å². The zero-order valence-electron chi connectivity index (χ0n) is 17.8. The molecule has 4 rings (SSSR count). The van der Waals surface area contributed by atoms with Gasteiger partial charge in [0.25, 0.3) is 5.91 Å². The molecule has 0 bridgehead atoms. The lowest BCUT2D eigenvalue weighted by Crippen LogP contribution is -2.32. The highest BCUT2D eigenvalue weighted by Gasteiger charge is 2.46. The molecule has 1 N–H and O–H groups in total. The Labute approximate surface area is 180 Å². The Morgan fingerprint density at radius 3 is 2.26 bits per heavy atom. The molecule has 1 unspecified atom stereocenters. The van der Waals surface area contributed by atoms with E-state index in [9.17, 15) is 14.7 Å². The monoisotopic (exact) mass is 417 g/mol. The number of aromatic nitrogens is 2. The molecule has 3 heterocycles. The maximum atomic E-state index is 13.3. The summed E-state index contributed by atoms with van der Waals surface area (Å²) in [6, 6.07) is 11.6. The zero-order valence-corrected chi connectivity index (χ0v) is 17.8. The van der Waals surface area contributed by atoms with Crippen LogP contribution in [0.4, 0.5) is 5.95 Å². The van der Waals surface area contributed by atoms with Crippen molar-refractivity contribution in [2.45, 2.75) is 39.2 Å². The molecule has 1 aliphatic heterocycles. The van der Waals surface area contributed by atoms with E-state index in [1.165, 1.54) is 23.4 Å². The van der Waals surface area contributed by atoms with E-state index in [2.05, 4.69) is 30.7 Å². The predicted octanol–water partition coefficient (Wildman–Crippen LogP) is 4.46. The van der Waals surface area contributed by atoms with E-state index in [4.69, 9.17) is 4.42 Å². The van der Waals surface area contributed by atoms with Crippen LogP contribution in [0, 0.1) is 6.92 Å². The third kappa shape index (κ3) is 3.63. The second-order valence-corrected chi connectivity index (χ2v) is 8.50. The van der Waals surface area contributed by atoms with Crippen LogP contribution in [0.2, 0.25) is 0 Å². The maximum Gasteiger partial charge on any atom is 0.296 e.